The van der Waals surface area contributed by atoms with Crippen LogP contribution in [-0.2, 0) is 0 Å². The van der Waals surface area contributed by atoms with Gasteiger partial charge in [0, 0.05) is 12.6 Å². The quantitative estimate of drug-likeness (QED) is 0.706. The van der Waals surface area contributed by atoms with Crippen LogP contribution >= 0.6 is 0 Å². The second kappa shape index (κ2) is 7.43. The number of nitrogens with zero attached hydrogens (tertiary/aromatic N) is 2. The number of hydrogen-bond acceptors (Lipinski definition) is 4. The van der Waals surface area contributed by atoms with E-state index in [1.165, 1.54) is 32.5 Å². The van der Waals surface area contributed by atoms with Gasteiger partial charge in [-0.2, -0.15) is 0 Å². The topological polar surface area (TPSA) is 38.7 Å². The van der Waals surface area contributed by atoms with Crippen LogP contribution in [-0.4, -0.2) is 72.9 Å². The van der Waals surface area contributed by atoms with Gasteiger partial charge in [0.25, 0.3) is 0 Å². The van der Waals surface area contributed by atoms with Gasteiger partial charge in [-0.25, -0.2) is 0 Å². The van der Waals surface area contributed by atoms with Crippen LogP contribution in [0, 0.1) is 0 Å². The molecule has 1 heterocycles. The third-order valence-corrected chi connectivity index (χ3v) is 4.18. The average Bonchev–Trinajstić information content (AvgIpc) is 2.39. The monoisotopic (exact) mass is 257 g/mol. The Balaban J connectivity index is 2.42. The van der Waals surface area contributed by atoms with Crippen molar-refractivity contribution in [2.75, 3.05) is 46.4 Å². The maximum absolute atomic E-state index is 9.55. The summed E-state index contributed by atoms with van der Waals surface area (Å²) in [5.41, 5.74) is -0.175. The summed E-state index contributed by atoms with van der Waals surface area (Å²) in [6, 6.07) is 0.664. The molecule has 0 aliphatic carbocycles. The van der Waals surface area contributed by atoms with Crippen molar-refractivity contribution < 1.29 is 5.11 Å². The lowest BCUT2D eigenvalue weighted by atomic mass is 9.98. The number of aliphatic hydroxyl groups is 1. The van der Waals surface area contributed by atoms with E-state index < -0.39 is 0 Å². The van der Waals surface area contributed by atoms with E-state index in [1.807, 2.05) is 0 Å². The molecule has 108 valence electrons. The molecule has 4 heteroatoms. The lowest BCUT2D eigenvalue weighted by molar-refractivity contribution is 0.0815. The van der Waals surface area contributed by atoms with E-state index in [-0.39, 0.29) is 12.1 Å². The molecule has 1 fully saturated rings. The first-order valence-electron chi connectivity index (χ1n) is 7.33. The van der Waals surface area contributed by atoms with Crippen molar-refractivity contribution in [1.29, 1.82) is 0 Å². The Morgan fingerprint density at radius 1 is 1.33 bits per heavy atom. The number of piperidine rings is 1. The van der Waals surface area contributed by atoms with Crippen LogP contribution in [0.2, 0.25) is 0 Å². The predicted molar refractivity (Wildman–Crippen MR) is 76.9 cm³/mol. The van der Waals surface area contributed by atoms with Gasteiger partial charge in [0.05, 0.1) is 12.1 Å². The highest BCUT2D eigenvalue weighted by Gasteiger charge is 2.28. The predicted octanol–water partition coefficient (Wildman–Crippen LogP) is 0.763. The average molecular weight is 257 g/mol. The number of hydrogen-bond donors (Lipinski definition) is 2. The minimum atomic E-state index is -0.175. The molecule has 1 unspecified atom stereocenters. The summed E-state index contributed by atoms with van der Waals surface area (Å²) in [6.07, 6.45) is 2.50. The van der Waals surface area contributed by atoms with Crippen LogP contribution in [0.15, 0.2) is 0 Å². The zero-order valence-electron chi connectivity index (χ0n) is 12.6. The van der Waals surface area contributed by atoms with Gasteiger partial charge < -0.3 is 20.2 Å². The van der Waals surface area contributed by atoms with Crippen molar-refractivity contribution >= 4 is 0 Å². The second-order valence-corrected chi connectivity index (χ2v) is 5.83. The molecule has 0 saturated carbocycles. The molecule has 18 heavy (non-hydrogen) atoms. The lowest BCUT2D eigenvalue weighted by Gasteiger charge is -2.40. The first kappa shape index (κ1) is 15.9. The molecular formula is C14H31N3O. The van der Waals surface area contributed by atoms with Crippen LogP contribution in [0.4, 0.5) is 0 Å². The zero-order chi connectivity index (χ0) is 13.6. The fraction of sp³-hybridized carbons (Fsp3) is 1.00. The van der Waals surface area contributed by atoms with Crippen molar-refractivity contribution in [3.05, 3.63) is 0 Å². The van der Waals surface area contributed by atoms with Gasteiger partial charge in [-0.3, -0.25) is 0 Å². The molecule has 4 nitrogen and oxygen atoms in total. The van der Waals surface area contributed by atoms with Crippen LogP contribution in [0.1, 0.15) is 33.6 Å². The molecule has 0 aromatic rings. The smallest absolute Gasteiger partial charge is 0.0623 e. The Kier molecular flexibility index (Phi) is 6.57. The summed E-state index contributed by atoms with van der Waals surface area (Å²) < 4.78 is 0. The fourth-order valence-electron chi connectivity index (χ4n) is 2.94. The third kappa shape index (κ3) is 4.50. The molecule has 0 aromatic carbocycles. The highest BCUT2D eigenvalue weighted by molar-refractivity contribution is 4.88. The highest BCUT2D eigenvalue weighted by atomic mass is 16.3. The molecule has 0 bridgehead atoms. The Hall–Kier alpha value is -0.160. The molecule has 1 aliphatic rings. The van der Waals surface area contributed by atoms with Crippen LogP contribution < -0.4 is 5.32 Å². The maximum atomic E-state index is 9.55. The summed E-state index contributed by atoms with van der Waals surface area (Å²) in [7, 11) is 2.19. The summed E-state index contributed by atoms with van der Waals surface area (Å²) in [5, 5.41) is 12.9. The van der Waals surface area contributed by atoms with E-state index in [4.69, 9.17) is 0 Å². The van der Waals surface area contributed by atoms with Gasteiger partial charge in [-0.05, 0) is 53.0 Å². The third-order valence-electron chi connectivity index (χ3n) is 4.18. The van der Waals surface area contributed by atoms with Crippen LogP contribution in [0.5, 0.6) is 0 Å². The number of likely N-dealkylation sites (tertiary alicyclic amines) is 1. The van der Waals surface area contributed by atoms with Crippen molar-refractivity contribution in [2.45, 2.75) is 45.2 Å². The van der Waals surface area contributed by atoms with Crippen molar-refractivity contribution in [3.8, 4) is 0 Å². The number of nitrogens with one attached hydrogen (secondary N) is 1. The van der Waals surface area contributed by atoms with Gasteiger partial charge in [0.15, 0.2) is 0 Å². The summed E-state index contributed by atoms with van der Waals surface area (Å²) >= 11 is 0. The van der Waals surface area contributed by atoms with E-state index in [0.29, 0.717) is 6.04 Å². The van der Waals surface area contributed by atoms with Gasteiger partial charge in [-0.1, -0.05) is 13.8 Å². The molecule has 0 aromatic heterocycles. The zero-order valence-corrected chi connectivity index (χ0v) is 12.6. The van der Waals surface area contributed by atoms with E-state index in [0.717, 1.165) is 13.1 Å². The first-order valence-corrected chi connectivity index (χ1v) is 7.33. The van der Waals surface area contributed by atoms with E-state index in [1.54, 1.807) is 0 Å². The highest BCUT2D eigenvalue weighted by Crippen LogP contribution is 2.17. The van der Waals surface area contributed by atoms with Gasteiger partial charge in [0.1, 0.15) is 0 Å². The van der Waals surface area contributed by atoms with Gasteiger partial charge in [-0.15, -0.1) is 0 Å². The molecule has 1 rings (SSSR count). The minimum absolute atomic E-state index is 0.175. The van der Waals surface area contributed by atoms with E-state index in [9.17, 15) is 5.11 Å². The maximum Gasteiger partial charge on any atom is 0.0623 e. The Bertz CT molecular complexity index is 229. The summed E-state index contributed by atoms with van der Waals surface area (Å²) in [5.74, 6) is 0. The lowest BCUT2D eigenvalue weighted by Crippen LogP contribution is -2.56. The Morgan fingerprint density at radius 3 is 2.39 bits per heavy atom. The number of likely N-dealkylation sites (N-methyl/N-ethyl adjacent to an activating group) is 2. The molecule has 1 aliphatic heterocycles. The largest absolute Gasteiger partial charge is 0.394 e. The summed E-state index contributed by atoms with van der Waals surface area (Å²) in [6.45, 7) is 12.0. The molecule has 1 atom stereocenters. The van der Waals surface area contributed by atoms with Crippen molar-refractivity contribution in [2.24, 2.45) is 0 Å². The molecule has 2 N–H and O–H groups in total. The SMILES string of the molecule is CCNC(C)(CO)CN(C)C1CCN(CC)CC1. The van der Waals surface area contributed by atoms with E-state index in [2.05, 4.69) is 42.9 Å². The Morgan fingerprint density at radius 2 is 1.94 bits per heavy atom. The number of rotatable bonds is 7. The minimum Gasteiger partial charge on any atom is -0.394 e. The van der Waals surface area contributed by atoms with Crippen LogP contribution in [0.25, 0.3) is 0 Å². The van der Waals surface area contributed by atoms with Gasteiger partial charge >= 0.3 is 0 Å². The second-order valence-electron chi connectivity index (χ2n) is 5.83. The van der Waals surface area contributed by atoms with Gasteiger partial charge in [0.2, 0.25) is 0 Å². The first-order chi connectivity index (χ1) is 8.54. The van der Waals surface area contributed by atoms with Crippen molar-refractivity contribution in [1.82, 2.24) is 15.1 Å². The normalized spacial score (nSPS) is 22.3. The van der Waals surface area contributed by atoms with Crippen molar-refractivity contribution in [3.63, 3.8) is 0 Å². The fourth-order valence-corrected chi connectivity index (χ4v) is 2.94. The Labute approximate surface area is 112 Å². The molecule has 0 radical (unpaired) electrons. The molecule has 1 saturated heterocycles. The molecule has 0 spiro atoms. The molecule has 0 amide bonds. The summed E-state index contributed by atoms with van der Waals surface area (Å²) in [4.78, 5) is 4.94. The van der Waals surface area contributed by atoms with E-state index >= 15 is 0 Å². The number of aliphatic hydroxyl groups excluding tert-OH is 1. The molecular weight excluding hydrogens is 226 g/mol. The van der Waals surface area contributed by atoms with Crippen LogP contribution in [0.3, 0.4) is 0 Å². The standard InChI is InChI=1S/C14H31N3O/c1-5-15-14(3,12-18)11-16(4)13-7-9-17(6-2)10-8-13/h13,15,18H,5-12H2,1-4H3.